The van der Waals surface area contributed by atoms with E-state index in [1.54, 1.807) is 11.8 Å². The number of aliphatic carboxylic acids is 1. The molecule has 2 rings (SSSR count). The molecule has 116 valence electrons. The molecule has 1 aromatic heterocycles. The maximum absolute atomic E-state index is 12.3. The molecule has 0 bridgehead atoms. The third-order valence-corrected chi connectivity index (χ3v) is 3.75. The second kappa shape index (κ2) is 6.21. The molecule has 8 nitrogen and oxygen atoms in total. The normalized spacial score (nSPS) is 18.0. The van der Waals surface area contributed by atoms with Crippen LogP contribution in [0.2, 0.25) is 0 Å². The first-order valence-corrected chi connectivity index (χ1v) is 7.08. The molecule has 1 aliphatic rings. The van der Waals surface area contributed by atoms with E-state index in [-0.39, 0.29) is 17.6 Å². The molecule has 21 heavy (non-hydrogen) atoms. The molecule has 1 fully saturated rings. The fourth-order valence-electron chi connectivity index (χ4n) is 2.24. The molecule has 0 radical (unpaired) electrons. The number of carboxylic acids is 1. The third kappa shape index (κ3) is 3.38. The minimum atomic E-state index is -0.842. The minimum Gasteiger partial charge on any atom is -0.480 e. The summed E-state index contributed by atoms with van der Waals surface area (Å²) >= 11 is 0. The molecule has 2 N–H and O–H groups in total. The number of carbonyl (C=O) groups is 2. The lowest BCUT2D eigenvalue weighted by Gasteiger charge is -2.36. The molecular weight excluding hydrogens is 274 g/mol. The van der Waals surface area contributed by atoms with Crippen LogP contribution in [0.15, 0.2) is 0 Å². The van der Waals surface area contributed by atoms with Crippen molar-refractivity contribution in [3.63, 3.8) is 0 Å². The van der Waals surface area contributed by atoms with Crippen LogP contribution in [0.3, 0.4) is 0 Å². The van der Waals surface area contributed by atoms with E-state index >= 15 is 0 Å². The van der Waals surface area contributed by atoms with Crippen LogP contribution in [-0.4, -0.2) is 74.2 Å². The minimum absolute atomic E-state index is 0.179. The molecule has 1 aliphatic heterocycles. The average Bonchev–Trinajstić information content (AvgIpc) is 2.96. The molecule has 0 aliphatic carbocycles. The number of aromatic amines is 1. The number of aromatic nitrogens is 3. The number of rotatable bonds is 4. The highest BCUT2D eigenvalue weighted by Crippen LogP contribution is 2.11. The van der Waals surface area contributed by atoms with Crippen LogP contribution in [0.1, 0.15) is 43.1 Å². The van der Waals surface area contributed by atoms with Gasteiger partial charge in [-0.2, -0.15) is 0 Å². The van der Waals surface area contributed by atoms with Crippen molar-refractivity contribution in [2.45, 2.75) is 32.7 Å². The van der Waals surface area contributed by atoms with Gasteiger partial charge in [-0.15, -0.1) is 5.10 Å². The Labute approximate surface area is 123 Å². The number of carbonyl (C=O) groups excluding carboxylic acids is 1. The number of H-pyrrole nitrogens is 1. The Morgan fingerprint density at radius 2 is 1.81 bits per heavy atom. The van der Waals surface area contributed by atoms with Crippen LogP contribution in [0, 0.1) is 0 Å². The smallest absolute Gasteiger partial charge is 0.320 e. The molecule has 8 heteroatoms. The van der Waals surface area contributed by atoms with Gasteiger partial charge in [-0.1, -0.05) is 13.8 Å². The van der Waals surface area contributed by atoms with E-state index in [1.165, 1.54) is 0 Å². The van der Waals surface area contributed by atoms with Crippen LogP contribution < -0.4 is 0 Å². The number of nitrogens with zero attached hydrogens (tertiary/aromatic N) is 4. The molecule has 1 unspecified atom stereocenters. The topological polar surface area (TPSA) is 102 Å². The van der Waals surface area contributed by atoms with Crippen molar-refractivity contribution in [2.75, 3.05) is 26.2 Å². The third-order valence-electron chi connectivity index (χ3n) is 3.75. The van der Waals surface area contributed by atoms with Crippen LogP contribution in [-0.2, 0) is 4.79 Å². The van der Waals surface area contributed by atoms with Gasteiger partial charge < -0.3 is 10.0 Å². The number of hydrogen-bond donors (Lipinski definition) is 2. The van der Waals surface area contributed by atoms with Crippen molar-refractivity contribution in [3.8, 4) is 0 Å². The lowest BCUT2D eigenvalue weighted by molar-refractivity contribution is -0.143. The van der Waals surface area contributed by atoms with Gasteiger partial charge in [0, 0.05) is 32.1 Å². The molecule has 1 amide bonds. The van der Waals surface area contributed by atoms with Gasteiger partial charge in [0.1, 0.15) is 11.9 Å². The van der Waals surface area contributed by atoms with Gasteiger partial charge in [0.2, 0.25) is 5.82 Å². The van der Waals surface area contributed by atoms with Crippen LogP contribution in [0.5, 0.6) is 0 Å². The summed E-state index contributed by atoms with van der Waals surface area (Å²) in [5.41, 5.74) is 0. The summed E-state index contributed by atoms with van der Waals surface area (Å²) in [5.74, 6) is 0.00771. The Morgan fingerprint density at radius 3 is 2.29 bits per heavy atom. The monoisotopic (exact) mass is 295 g/mol. The summed E-state index contributed by atoms with van der Waals surface area (Å²) in [6.45, 7) is 7.66. The quantitative estimate of drug-likeness (QED) is 0.820. The van der Waals surface area contributed by atoms with Crippen molar-refractivity contribution in [1.29, 1.82) is 0 Å². The molecule has 2 heterocycles. The van der Waals surface area contributed by atoms with Crippen LogP contribution in [0.4, 0.5) is 0 Å². The average molecular weight is 295 g/mol. The number of hydrogen-bond acceptors (Lipinski definition) is 5. The van der Waals surface area contributed by atoms with Gasteiger partial charge in [0.25, 0.3) is 5.91 Å². The summed E-state index contributed by atoms with van der Waals surface area (Å²) in [7, 11) is 0. The predicted octanol–water partition coefficient (Wildman–Crippen LogP) is 0.159. The van der Waals surface area contributed by atoms with E-state index < -0.39 is 12.0 Å². The van der Waals surface area contributed by atoms with Gasteiger partial charge in [0.15, 0.2) is 0 Å². The number of nitrogens with one attached hydrogen (secondary N) is 1. The predicted molar refractivity (Wildman–Crippen MR) is 75.0 cm³/mol. The molecule has 1 saturated heterocycles. The summed E-state index contributed by atoms with van der Waals surface area (Å²) in [6.07, 6.45) is 0. The van der Waals surface area contributed by atoms with Gasteiger partial charge >= 0.3 is 5.97 Å². The summed E-state index contributed by atoms with van der Waals surface area (Å²) in [5, 5.41) is 15.7. The first-order valence-electron chi connectivity index (χ1n) is 7.08. The van der Waals surface area contributed by atoms with E-state index in [0.717, 1.165) is 0 Å². The second-order valence-corrected chi connectivity index (χ2v) is 5.54. The Bertz CT molecular complexity index is 520. The number of amides is 1. The fraction of sp³-hybridized carbons (Fsp3) is 0.692. The molecular formula is C13H21N5O3. The van der Waals surface area contributed by atoms with Crippen molar-refractivity contribution >= 4 is 11.9 Å². The number of carboxylic acid groups (broad SMARTS) is 1. The zero-order valence-corrected chi connectivity index (χ0v) is 12.5. The highest BCUT2D eigenvalue weighted by atomic mass is 16.4. The van der Waals surface area contributed by atoms with Crippen molar-refractivity contribution in [2.24, 2.45) is 0 Å². The van der Waals surface area contributed by atoms with E-state index in [4.69, 9.17) is 5.11 Å². The Morgan fingerprint density at radius 1 is 1.19 bits per heavy atom. The highest BCUT2D eigenvalue weighted by Gasteiger charge is 2.29. The summed E-state index contributed by atoms with van der Waals surface area (Å²) in [4.78, 5) is 31.0. The van der Waals surface area contributed by atoms with Crippen molar-refractivity contribution in [1.82, 2.24) is 25.0 Å². The summed E-state index contributed by atoms with van der Waals surface area (Å²) in [6, 6.07) is -0.529. The van der Waals surface area contributed by atoms with Gasteiger partial charge in [0.05, 0.1) is 0 Å². The zero-order chi connectivity index (χ0) is 15.6. The van der Waals surface area contributed by atoms with E-state index in [9.17, 15) is 9.59 Å². The van der Waals surface area contributed by atoms with E-state index in [0.29, 0.717) is 32.0 Å². The van der Waals surface area contributed by atoms with E-state index in [2.05, 4.69) is 15.2 Å². The lowest BCUT2D eigenvalue weighted by Crippen LogP contribution is -2.53. The molecule has 0 saturated carbocycles. The SMILES string of the molecule is CC(C)c1nc(C(=O)N2CCN(C(C)C(=O)O)CC2)n[nH]1. The maximum Gasteiger partial charge on any atom is 0.320 e. The molecule has 1 atom stereocenters. The zero-order valence-electron chi connectivity index (χ0n) is 12.5. The Hall–Kier alpha value is -1.96. The van der Waals surface area contributed by atoms with Crippen molar-refractivity contribution in [3.05, 3.63) is 11.6 Å². The standard InChI is InChI=1S/C13H21N5O3/c1-8(2)10-14-11(16-15-10)12(19)18-6-4-17(5-7-18)9(3)13(20)21/h8-9H,4-7H2,1-3H3,(H,20,21)(H,14,15,16). The highest BCUT2D eigenvalue weighted by molar-refractivity contribution is 5.90. The van der Waals surface area contributed by atoms with Gasteiger partial charge in [-0.25, -0.2) is 4.98 Å². The summed E-state index contributed by atoms with van der Waals surface area (Å²) < 4.78 is 0. The fourth-order valence-corrected chi connectivity index (χ4v) is 2.24. The van der Waals surface area contributed by atoms with Gasteiger partial charge in [-0.05, 0) is 6.92 Å². The molecule has 1 aromatic rings. The Kier molecular flexibility index (Phi) is 4.56. The maximum atomic E-state index is 12.3. The van der Waals surface area contributed by atoms with E-state index in [1.807, 2.05) is 18.7 Å². The first kappa shape index (κ1) is 15.4. The number of piperazine rings is 1. The Balaban J connectivity index is 1.95. The van der Waals surface area contributed by atoms with Crippen LogP contribution in [0.25, 0.3) is 0 Å². The lowest BCUT2D eigenvalue weighted by atomic mass is 10.2. The first-order chi connectivity index (χ1) is 9.90. The van der Waals surface area contributed by atoms with Crippen LogP contribution >= 0.6 is 0 Å². The van der Waals surface area contributed by atoms with Gasteiger partial charge in [-0.3, -0.25) is 19.6 Å². The largest absolute Gasteiger partial charge is 0.480 e. The molecule has 0 spiro atoms. The second-order valence-electron chi connectivity index (χ2n) is 5.54. The van der Waals surface area contributed by atoms with Crippen molar-refractivity contribution < 1.29 is 14.7 Å². The molecule has 0 aromatic carbocycles.